The molecule has 0 aliphatic heterocycles. The smallest absolute Gasteiger partial charge is 0.303 e. The van der Waals surface area contributed by atoms with Crippen LogP contribution in [-0.2, 0) is 4.79 Å². The van der Waals surface area contributed by atoms with Crippen molar-refractivity contribution in [3.05, 3.63) is 0 Å². The molecule has 4 N–H and O–H groups in total. The summed E-state index contributed by atoms with van der Waals surface area (Å²) in [6.07, 6.45) is 6.04. The number of aliphatic hydroxyl groups excluding tert-OH is 3. The van der Waals surface area contributed by atoms with Crippen molar-refractivity contribution in [2.24, 2.45) is 52.3 Å². The minimum atomic E-state index is -0.734. The predicted octanol–water partition coefficient (Wildman–Crippen LogP) is 4.08. The van der Waals surface area contributed by atoms with E-state index in [9.17, 15) is 20.1 Å². The minimum Gasteiger partial charge on any atom is -0.481 e. The van der Waals surface area contributed by atoms with Gasteiger partial charge in [0.2, 0.25) is 0 Å². The Hall–Kier alpha value is -0.650. The van der Waals surface area contributed by atoms with Crippen LogP contribution in [-0.4, -0.2) is 44.7 Å². The molecule has 4 aliphatic rings. The molecule has 0 saturated heterocycles. The van der Waals surface area contributed by atoms with Crippen molar-refractivity contribution < 1.29 is 25.2 Å². The predicted molar refractivity (Wildman–Crippen MR) is 119 cm³/mol. The van der Waals surface area contributed by atoms with E-state index in [4.69, 9.17) is 5.11 Å². The summed E-state index contributed by atoms with van der Waals surface area (Å²) in [6, 6.07) is 0. The molecule has 4 aliphatic carbocycles. The van der Waals surface area contributed by atoms with Crippen molar-refractivity contribution in [1.82, 2.24) is 0 Å². The molecule has 12 atom stereocenters. The summed E-state index contributed by atoms with van der Waals surface area (Å²) < 4.78 is 0. The largest absolute Gasteiger partial charge is 0.481 e. The molecule has 0 radical (unpaired) electrons. The van der Waals surface area contributed by atoms with E-state index in [0.717, 1.165) is 44.9 Å². The van der Waals surface area contributed by atoms with Crippen LogP contribution >= 0.6 is 0 Å². The molecule has 0 aromatic heterocycles. The number of fused-ring (bicyclic) bond motifs is 5. The van der Waals surface area contributed by atoms with Crippen molar-refractivity contribution in [2.45, 2.75) is 104 Å². The number of aliphatic carboxylic acids is 1. The summed E-state index contributed by atoms with van der Waals surface area (Å²) in [5, 5.41) is 42.9. The number of carboxylic acids is 1. The van der Waals surface area contributed by atoms with Gasteiger partial charge in [-0.1, -0.05) is 34.1 Å². The van der Waals surface area contributed by atoms with Crippen LogP contribution in [0.2, 0.25) is 0 Å². The van der Waals surface area contributed by atoms with Crippen LogP contribution in [0.3, 0.4) is 0 Å². The highest BCUT2D eigenvalue weighted by molar-refractivity contribution is 5.66. The van der Waals surface area contributed by atoms with Gasteiger partial charge >= 0.3 is 5.97 Å². The molecule has 4 saturated carbocycles. The van der Waals surface area contributed by atoms with E-state index in [1.807, 2.05) is 0 Å². The number of carboxylic acid groups (broad SMARTS) is 1. The summed E-state index contributed by atoms with van der Waals surface area (Å²) in [4.78, 5) is 11.1. The molecule has 0 amide bonds. The zero-order valence-electron chi connectivity index (χ0n) is 19.8. The van der Waals surface area contributed by atoms with E-state index in [1.54, 1.807) is 0 Å². The molecule has 178 valence electrons. The lowest BCUT2D eigenvalue weighted by Gasteiger charge is -2.66. The molecule has 5 nitrogen and oxygen atoms in total. The molecule has 0 aromatic rings. The zero-order chi connectivity index (χ0) is 22.7. The average molecular weight is 437 g/mol. The third-order valence-corrected chi connectivity index (χ3v) is 10.9. The molecule has 31 heavy (non-hydrogen) atoms. The van der Waals surface area contributed by atoms with Crippen LogP contribution in [0.4, 0.5) is 0 Å². The first-order valence-electron chi connectivity index (χ1n) is 12.8. The van der Waals surface area contributed by atoms with Crippen LogP contribution in [0.25, 0.3) is 0 Å². The first kappa shape index (κ1) is 23.5. The first-order chi connectivity index (χ1) is 14.5. The Morgan fingerprint density at radius 2 is 1.77 bits per heavy atom. The van der Waals surface area contributed by atoms with Crippen LogP contribution in [0.15, 0.2) is 0 Å². The Morgan fingerprint density at radius 1 is 1.06 bits per heavy atom. The number of hydrogen-bond acceptors (Lipinski definition) is 4. The second-order valence-corrected chi connectivity index (χ2v) is 12.2. The van der Waals surface area contributed by atoms with Gasteiger partial charge in [0.1, 0.15) is 0 Å². The quantitative estimate of drug-likeness (QED) is 0.520. The SMILES string of the molecule is CC[C@H]1[C@@H](O)C2C3CC[C@H]([C@H](C)CCC(=O)O)[C@@]3(C)C[C@@H](O)C2[C@@]2(C)CC[C@@H](O)C[C@@H]12. The van der Waals surface area contributed by atoms with Crippen LogP contribution in [0.1, 0.15) is 85.5 Å². The van der Waals surface area contributed by atoms with Crippen LogP contribution in [0.5, 0.6) is 0 Å². The van der Waals surface area contributed by atoms with Crippen LogP contribution in [0, 0.1) is 52.3 Å². The maximum atomic E-state index is 11.7. The second kappa shape index (κ2) is 8.29. The highest BCUT2D eigenvalue weighted by Gasteiger charge is 2.67. The van der Waals surface area contributed by atoms with Gasteiger partial charge in [-0.2, -0.15) is 0 Å². The molecule has 0 heterocycles. The van der Waals surface area contributed by atoms with Gasteiger partial charge in [-0.25, -0.2) is 0 Å². The molecule has 5 heteroatoms. The van der Waals surface area contributed by atoms with E-state index in [1.165, 1.54) is 0 Å². The fraction of sp³-hybridized carbons (Fsp3) is 0.962. The summed E-state index contributed by atoms with van der Waals surface area (Å²) in [6.45, 7) is 9.01. The highest BCUT2D eigenvalue weighted by atomic mass is 16.4. The first-order valence-corrected chi connectivity index (χ1v) is 12.8. The Balaban J connectivity index is 1.66. The lowest BCUT2D eigenvalue weighted by molar-refractivity contribution is -0.235. The number of hydrogen-bond donors (Lipinski definition) is 4. The molecule has 4 rings (SSSR count). The van der Waals surface area contributed by atoms with Gasteiger partial charge in [-0.05, 0) is 97.2 Å². The Labute approximate surface area is 187 Å². The molecular formula is C26H44O5. The number of rotatable bonds is 5. The zero-order valence-corrected chi connectivity index (χ0v) is 19.8. The summed E-state index contributed by atoms with van der Waals surface area (Å²) >= 11 is 0. The topological polar surface area (TPSA) is 98.0 Å². The number of carbonyl (C=O) groups is 1. The average Bonchev–Trinajstić information content (AvgIpc) is 3.04. The van der Waals surface area contributed by atoms with Gasteiger partial charge in [-0.3, -0.25) is 4.79 Å². The second-order valence-electron chi connectivity index (χ2n) is 12.2. The van der Waals surface area contributed by atoms with Gasteiger partial charge in [0.25, 0.3) is 0 Å². The molecule has 0 aromatic carbocycles. The summed E-state index contributed by atoms with van der Waals surface area (Å²) in [7, 11) is 0. The van der Waals surface area contributed by atoms with Gasteiger partial charge in [0, 0.05) is 6.42 Å². The van der Waals surface area contributed by atoms with Crippen molar-refractivity contribution in [3.8, 4) is 0 Å². The normalized spacial score (nSPS) is 52.7. The van der Waals surface area contributed by atoms with Gasteiger partial charge in [0.15, 0.2) is 0 Å². The Bertz CT molecular complexity index is 681. The Kier molecular flexibility index (Phi) is 6.28. The van der Waals surface area contributed by atoms with Gasteiger partial charge in [0.05, 0.1) is 18.3 Å². The third-order valence-electron chi connectivity index (χ3n) is 10.9. The van der Waals surface area contributed by atoms with Gasteiger partial charge in [-0.15, -0.1) is 0 Å². The van der Waals surface area contributed by atoms with E-state index < -0.39 is 18.2 Å². The lowest BCUT2D eigenvalue weighted by Crippen LogP contribution is -2.65. The van der Waals surface area contributed by atoms with Crippen molar-refractivity contribution in [1.29, 1.82) is 0 Å². The van der Waals surface area contributed by atoms with E-state index in [0.29, 0.717) is 24.2 Å². The third kappa shape index (κ3) is 3.58. The van der Waals surface area contributed by atoms with Gasteiger partial charge < -0.3 is 20.4 Å². The van der Waals surface area contributed by atoms with E-state index in [-0.39, 0.29) is 47.0 Å². The van der Waals surface area contributed by atoms with Crippen LogP contribution < -0.4 is 0 Å². The molecule has 0 bridgehead atoms. The maximum absolute atomic E-state index is 11.7. The fourth-order valence-corrected chi connectivity index (χ4v) is 9.60. The standard InChI is InChI=1S/C26H44O5/c1-5-16-19-12-15(27)10-11-25(19,3)23-20(28)13-26(4)17(14(2)6-9-21(29)30)7-8-18(26)22(23)24(16)31/h14-20,22-24,27-28,31H,5-13H2,1-4H3,(H,29,30)/t14-,15-,16-,17-,18?,19+,20-,22?,23?,24-,25+,26-/m1/s1. The summed E-state index contributed by atoms with van der Waals surface area (Å²) in [5.41, 5.74) is -0.0767. The summed E-state index contributed by atoms with van der Waals surface area (Å²) in [5.74, 6) is 1.00. The molecule has 0 spiro atoms. The highest BCUT2D eigenvalue weighted by Crippen LogP contribution is 2.69. The molecule has 4 fully saturated rings. The minimum absolute atomic E-state index is 0.0302. The molecular weight excluding hydrogens is 392 g/mol. The number of aliphatic hydroxyl groups is 3. The monoisotopic (exact) mass is 436 g/mol. The lowest BCUT2D eigenvalue weighted by atomic mass is 9.40. The fourth-order valence-electron chi connectivity index (χ4n) is 9.60. The van der Waals surface area contributed by atoms with Crippen molar-refractivity contribution in [3.63, 3.8) is 0 Å². The maximum Gasteiger partial charge on any atom is 0.303 e. The van der Waals surface area contributed by atoms with E-state index >= 15 is 0 Å². The Morgan fingerprint density at radius 3 is 2.42 bits per heavy atom. The van der Waals surface area contributed by atoms with Crippen molar-refractivity contribution >= 4 is 5.97 Å². The van der Waals surface area contributed by atoms with Crippen molar-refractivity contribution in [2.75, 3.05) is 0 Å². The van der Waals surface area contributed by atoms with E-state index in [2.05, 4.69) is 27.7 Å². The molecule has 3 unspecified atom stereocenters.